The summed E-state index contributed by atoms with van der Waals surface area (Å²) in [6, 6.07) is 11.9. The molecule has 7 heteroatoms. The summed E-state index contributed by atoms with van der Waals surface area (Å²) >= 11 is 1.60. The number of hydrogen-bond donors (Lipinski definition) is 1. The van der Waals surface area contributed by atoms with E-state index >= 15 is 0 Å². The molecule has 2 amide bonds. The maximum Gasteiger partial charge on any atom is 0.291 e. The van der Waals surface area contributed by atoms with Gasteiger partial charge >= 0.3 is 0 Å². The van der Waals surface area contributed by atoms with Crippen molar-refractivity contribution in [2.24, 2.45) is 0 Å². The first kappa shape index (κ1) is 19.3. The van der Waals surface area contributed by atoms with Gasteiger partial charge in [0.25, 0.3) is 5.91 Å². The lowest BCUT2D eigenvalue weighted by Crippen LogP contribution is -2.64. The van der Waals surface area contributed by atoms with E-state index in [1.54, 1.807) is 16.2 Å². The minimum absolute atomic E-state index is 0.0669. The van der Waals surface area contributed by atoms with Gasteiger partial charge in [-0.3, -0.25) is 9.59 Å². The summed E-state index contributed by atoms with van der Waals surface area (Å²) in [7, 11) is 0. The highest BCUT2D eigenvalue weighted by molar-refractivity contribution is 7.09. The van der Waals surface area contributed by atoms with Gasteiger partial charge in [0.15, 0.2) is 5.82 Å². The molecule has 2 aliphatic rings. The Labute approximate surface area is 179 Å². The van der Waals surface area contributed by atoms with E-state index in [0.29, 0.717) is 18.9 Å². The fourth-order valence-corrected chi connectivity index (χ4v) is 5.42. The summed E-state index contributed by atoms with van der Waals surface area (Å²) in [4.78, 5) is 34.6. The maximum atomic E-state index is 13.6. The molecule has 1 atom stereocenters. The Morgan fingerprint density at radius 3 is 2.77 bits per heavy atom. The topological polar surface area (TPSA) is 67.2 Å². The molecule has 1 saturated carbocycles. The second-order valence-electron chi connectivity index (χ2n) is 8.56. The molecule has 3 aromatic rings. The number of para-hydroxylation sites is 2. The summed E-state index contributed by atoms with van der Waals surface area (Å²) in [5.74, 6) is 0.158. The minimum Gasteiger partial charge on any atom is -0.351 e. The standard InChI is InChI=1S/C23H26N4O2S/c1-23(22(29)24-16-8-3-2-4-9-16)15-26-19-12-6-5-11-18(19)25-20(26)21(28)27(23)14-17-10-7-13-30-17/h5-7,10-13,16H,2-4,8-9,14-15H2,1H3,(H,24,29)/t23-/m0/s1. The van der Waals surface area contributed by atoms with E-state index in [-0.39, 0.29) is 17.9 Å². The molecule has 1 N–H and O–H groups in total. The van der Waals surface area contributed by atoms with Crippen molar-refractivity contribution in [3.63, 3.8) is 0 Å². The number of benzene rings is 1. The third kappa shape index (κ3) is 3.21. The predicted molar refractivity (Wildman–Crippen MR) is 117 cm³/mol. The molecule has 1 aromatic carbocycles. The van der Waals surface area contributed by atoms with E-state index < -0.39 is 5.54 Å². The number of imidazole rings is 1. The number of hydrogen-bond acceptors (Lipinski definition) is 4. The fraction of sp³-hybridized carbons (Fsp3) is 0.435. The number of aromatic nitrogens is 2. The molecule has 0 spiro atoms. The molecule has 6 nitrogen and oxygen atoms in total. The van der Waals surface area contributed by atoms with Crippen molar-refractivity contribution in [1.29, 1.82) is 0 Å². The Balaban J connectivity index is 1.54. The van der Waals surface area contributed by atoms with Gasteiger partial charge in [-0.15, -0.1) is 11.3 Å². The SMILES string of the molecule is C[C@@]1(C(=O)NC2CCCCC2)Cn2c(nc3ccccc32)C(=O)N1Cc1cccs1. The number of amides is 2. The van der Waals surface area contributed by atoms with Gasteiger partial charge in [0.2, 0.25) is 5.91 Å². The molecule has 1 fully saturated rings. The molecule has 3 heterocycles. The van der Waals surface area contributed by atoms with Crippen molar-refractivity contribution in [2.45, 2.75) is 63.7 Å². The number of fused-ring (bicyclic) bond motifs is 3. The van der Waals surface area contributed by atoms with Gasteiger partial charge in [-0.1, -0.05) is 37.5 Å². The summed E-state index contributed by atoms with van der Waals surface area (Å²) < 4.78 is 1.92. The Bertz CT molecular complexity index is 1080. The number of carbonyl (C=O) groups excluding carboxylic acids is 2. The van der Waals surface area contributed by atoms with Crippen molar-refractivity contribution in [1.82, 2.24) is 19.8 Å². The second kappa shape index (κ2) is 7.54. The lowest BCUT2D eigenvalue weighted by Gasteiger charge is -2.44. The van der Waals surface area contributed by atoms with Crippen LogP contribution in [0.3, 0.4) is 0 Å². The molecular formula is C23H26N4O2S. The van der Waals surface area contributed by atoms with Crippen molar-refractivity contribution in [3.05, 3.63) is 52.5 Å². The Morgan fingerprint density at radius 2 is 2.00 bits per heavy atom. The highest BCUT2D eigenvalue weighted by atomic mass is 32.1. The third-order valence-electron chi connectivity index (χ3n) is 6.48. The van der Waals surface area contributed by atoms with Crippen LogP contribution in [0.4, 0.5) is 0 Å². The second-order valence-corrected chi connectivity index (χ2v) is 9.60. The normalized spacial score (nSPS) is 22.3. The lowest BCUT2D eigenvalue weighted by atomic mass is 9.91. The molecule has 2 aromatic heterocycles. The van der Waals surface area contributed by atoms with Crippen molar-refractivity contribution in [3.8, 4) is 0 Å². The smallest absolute Gasteiger partial charge is 0.291 e. The zero-order valence-corrected chi connectivity index (χ0v) is 18.0. The van der Waals surface area contributed by atoms with Crippen LogP contribution < -0.4 is 5.32 Å². The number of carbonyl (C=O) groups is 2. The van der Waals surface area contributed by atoms with Gasteiger partial charge in [-0.2, -0.15) is 0 Å². The average molecular weight is 423 g/mol. The molecule has 0 radical (unpaired) electrons. The van der Waals surface area contributed by atoms with E-state index in [0.717, 1.165) is 41.6 Å². The molecule has 1 aliphatic carbocycles. The van der Waals surface area contributed by atoms with E-state index in [1.807, 2.05) is 53.3 Å². The van der Waals surface area contributed by atoms with E-state index in [1.165, 1.54) is 6.42 Å². The number of thiophene rings is 1. The van der Waals surface area contributed by atoms with Crippen LogP contribution >= 0.6 is 11.3 Å². The first-order valence-electron chi connectivity index (χ1n) is 10.7. The molecule has 0 saturated heterocycles. The van der Waals surface area contributed by atoms with Crippen molar-refractivity contribution >= 4 is 34.2 Å². The van der Waals surface area contributed by atoms with Gasteiger partial charge in [0, 0.05) is 10.9 Å². The largest absolute Gasteiger partial charge is 0.351 e. The van der Waals surface area contributed by atoms with Gasteiger partial charge < -0.3 is 14.8 Å². The molecule has 156 valence electrons. The van der Waals surface area contributed by atoms with Gasteiger partial charge in [0.05, 0.1) is 24.1 Å². The Kier molecular flexibility index (Phi) is 4.85. The summed E-state index contributed by atoms with van der Waals surface area (Å²) in [5, 5.41) is 5.27. The van der Waals surface area contributed by atoms with Crippen molar-refractivity contribution in [2.75, 3.05) is 0 Å². The molecule has 5 rings (SSSR count). The number of nitrogens with one attached hydrogen (secondary N) is 1. The van der Waals surface area contributed by atoms with Gasteiger partial charge in [-0.05, 0) is 43.3 Å². The van der Waals surface area contributed by atoms with Crippen LogP contribution in [0.1, 0.15) is 54.5 Å². The molecular weight excluding hydrogens is 396 g/mol. The van der Waals surface area contributed by atoms with E-state index in [2.05, 4.69) is 10.3 Å². The Hall–Kier alpha value is -2.67. The highest BCUT2D eigenvalue weighted by Crippen LogP contribution is 2.33. The zero-order chi connectivity index (χ0) is 20.7. The summed E-state index contributed by atoms with van der Waals surface area (Å²) in [5.41, 5.74) is 0.705. The quantitative estimate of drug-likeness (QED) is 0.692. The first-order valence-corrected chi connectivity index (χ1v) is 11.5. The third-order valence-corrected chi connectivity index (χ3v) is 7.34. The van der Waals surface area contributed by atoms with E-state index in [4.69, 9.17) is 0 Å². The molecule has 0 unspecified atom stereocenters. The maximum absolute atomic E-state index is 13.6. The van der Waals surface area contributed by atoms with Crippen LogP contribution in [-0.2, 0) is 17.9 Å². The fourth-order valence-electron chi connectivity index (χ4n) is 4.72. The summed E-state index contributed by atoms with van der Waals surface area (Å²) in [6.45, 7) is 2.71. The van der Waals surface area contributed by atoms with Crippen LogP contribution in [0, 0.1) is 0 Å². The summed E-state index contributed by atoms with van der Waals surface area (Å²) in [6.07, 6.45) is 5.56. The van der Waals surface area contributed by atoms with Crippen molar-refractivity contribution < 1.29 is 9.59 Å². The Morgan fingerprint density at radius 1 is 1.20 bits per heavy atom. The molecule has 30 heavy (non-hydrogen) atoms. The molecule has 0 bridgehead atoms. The highest BCUT2D eigenvalue weighted by Gasteiger charge is 2.48. The van der Waals surface area contributed by atoms with Gasteiger partial charge in [-0.25, -0.2) is 4.98 Å². The molecule has 1 aliphatic heterocycles. The first-order chi connectivity index (χ1) is 14.6. The lowest BCUT2D eigenvalue weighted by molar-refractivity contribution is -0.134. The van der Waals surface area contributed by atoms with Crippen LogP contribution in [0.25, 0.3) is 11.0 Å². The van der Waals surface area contributed by atoms with Crippen LogP contribution in [0.2, 0.25) is 0 Å². The van der Waals surface area contributed by atoms with Crippen LogP contribution in [-0.4, -0.2) is 37.8 Å². The average Bonchev–Trinajstić information content (AvgIpc) is 3.40. The van der Waals surface area contributed by atoms with Gasteiger partial charge in [0.1, 0.15) is 5.54 Å². The minimum atomic E-state index is -0.977. The monoisotopic (exact) mass is 422 g/mol. The number of rotatable bonds is 4. The van der Waals surface area contributed by atoms with Crippen LogP contribution in [0.15, 0.2) is 41.8 Å². The zero-order valence-electron chi connectivity index (χ0n) is 17.1. The van der Waals surface area contributed by atoms with Crippen LogP contribution in [0.5, 0.6) is 0 Å². The predicted octanol–water partition coefficient (Wildman–Crippen LogP) is 3.96. The number of nitrogens with zero attached hydrogens (tertiary/aromatic N) is 3. The van der Waals surface area contributed by atoms with E-state index in [9.17, 15) is 9.59 Å².